The van der Waals surface area contributed by atoms with Gasteiger partial charge in [0.05, 0.1) is 0 Å². The van der Waals surface area contributed by atoms with Gasteiger partial charge in [0.25, 0.3) is 0 Å². The van der Waals surface area contributed by atoms with Gasteiger partial charge in [-0.1, -0.05) is 0 Å². The van der Waals surface area contributed by atoms with Crippen molar-refractivity contribution >= 4 is 24.4 Å². The second-order valence-electron chi connectivity index (χ2n) is 5.22. The van der Waals surface area contributed by atoms with Gasteiger partial charge in [-0.15, -0.1) is 0 Å². The number of likely N-dealkylation sites (N-methyl/N-ethyl adjacent to an activating group) is 1. The SMILES string of the molecule is COCC(=O)N(C)Cc1cc2c(nc1C=O)N(C=O)CCC2. The monoisotopic (exact) mass is 305 g/mol. The zero-order valence-electron chi connectivity index (χ0n) is 12.7. The average molecular weight is 305 g/mol. The van der Waals surface area contributed by atoms with Crippen LogP contribution in [0, 0.1) is 0 Å². The zero-order chi connectivity index (χ0) is 16.1. The maximum atomic E-state index is 11.8. The Morgan fingerprint density at radius 1 is 1.50 bits per heavy atom. The van der Waals surface area contributed by atoms with Crippen LogP contribution in [0.15, 0.2) is 6.07 Å². The maximum absolute atomic E-state index is 11.8. The highest BCUT2D eigenvalue weighted by atomic mass is 16.5. The van der Waals surface area contributed by atoms with Gasteiger partial charge in [0.15, 0.2) is 6.29 Å². The highest BCUT2D eigenvalue weighted by Crippen LogP contribution is 2.26. The number of anilines is 1. The Hall–Kier alpha value is -2.28. The molecule has 1 aromatic heterocycles. The van der Waals surface area contributed by atoms with Crippen LogP contribution in [0.1, 0.15) is 28.0 Å². The molecule has 0 radical (unpaired) electrons. The first-order chi connectivity index (χ1) is 10.6. The van der Waals surface area contributed by atoms with Crippen LogP contribution in [-0.2, 0) is 27.3 Å². The van der Waals surface area contributed by atoms with Gasteiger partial charge in [0, 0.05) is 32.8 Å². The molecule has 0 saturated carbocycles. The second kappa shape index (κ2) is 7.13. The fraction of sp³-hybridized carbons (Fsp3) is 0.467. The smallest absolute Gasteiger partial charge is 0.248 e. The van der Waals surface area contributed by atoms with Crippen LogP contribution in [0.3, 0.4) is 0 Å². The highest BCUT2D eigenvalue weighted by molar-refractivity contribution is 5.81. The van der Waals surface area contributed by atoms with Gasteiger partial charge in [0.2, 0.25) is 12.3 Å². The molecule has 0 aliphatic carbocycles. The third-order valence-electron chi connectivity index (χ3n) is 3.65. The topological polar surface area (TPSA) is 79.8 Å². The van der Waals surface area contributed by atoms with E-state index in [2.05, 4.69) is 4.98 Å². The molecule has 0 saturated heterocycles. The molecule has 2 rings (SSSR count). The van der Waals surface area contributed by atoms with Crippen molar-refractivity contribution in [1.29, 1.82) is 0 Å². The van der Waals surface area contributed by atoms with Crippen LogP contribution in [0.4, 0.5) is 5.82 Å². The summed E-state index contributed by atoms with van der Waals surface area (Å²) in [4.78, 5) is 41.4. The second-order valence-corrected chi connectivity index (χ2v) is 5.22. The zero-order valence-corrected chi connectivity index (χ0v) is 12.7. The van der Waals surface area contributed by atoms with Crippen LogP contribution < -0.4 is 4.90 Å². The number of pyridine rings is 1. The molecule has 1 aliphatic heterocycles. The molecular formula is C15H19N3O4. The van der Waals surface area contributed by atoms with Crippen LogP contribution in [-0.4, -0.2) is 55.8 Å². The van der Waals surface area contributed by atoms with E-state index in [1.807, 2.05) is 6.07 Å². The molecule has 118 valence electrons. The number of carbonyl (C=O) groups is 3. The van der Waals surface area contributed by atoms with Crippen molar-refractivity contribution in [3.63, 3.8) is 0 Å². The van der Waals surface area contributed by atoms with Crippen molar-refractivity contribution in [1.82, 2.24) is 9.88 Å². The molecule has 7 nitrogen and oxygen atoms in total. The molecule has 0 fully saturated rings. The Kier molecular flexibility index (Phi) is 5.21. The van der Waals surface area contributed by atoms with E-state index in [1.165, 1.54) is 16.9 Å². The van der Waals surface area contributed by atoms with E-state index in [-0.39, 0.29) is 24.8 Å². The van der Waals surface area contributed by atoms with Crippen molar-refractivity contribution in [3.8, 4) is 0 Å². The van der Waals surface area contributed by atoms with Gasteiger partial charge in [-0.25, -0.2) is 4.98 Å². The highest BCUT2D eigenvalue weighted by Gasteiger charge is 2.21. The molecule has 7 heteroatoms. The Balaban J connectivity index is 2.30. The van der Waals surface area contributed by atoms with E-state index < -0.39 is 0 Å². The maximum Gasteiger partial charge on any atom is 0.248 e. The number of hydrogen-bond donors (Lipinski definition) is 0. The number of fused-ring (bicyclic) bond motifs is 1. The Labute approximate surface area is 128 Å². The number of amides is 2. The predicted octanol–water partition coefficient (Wildman–Crippen LogP) is 0.408. The molecule has 1 aliphatic rings. The Bertz CT molecular complexity index is 588. The summed E-state index contributed by atoms with van der Waals surface area (Å²) < 4.78 is 4.82. The van der Waals surface area contributed by atoms with E-state index in [4.69, 9.17) is 4.74 Å². The van der Waals surface area contributed by atoms with Gasteiger partial charge < -0.3 is 9.64 Å². The fourth-order valence-electron chi connectivity index (χ4n) is 2.49. The molecule has 0 spiro atoms. The van der Waals surface area contributed by atoms with Gasteiger partial charge in [-0.3, -0.25) is 19.3 Å². The van der Waals surface area contributed by atoms with Gasteiger partial charge in [0.1, 0.15) is 18.1 Å². The number of rotatable bonds is 6. The lowest BCUT2D eigenvalue weighted by Gasteiger charge is -2.26. The third-order valence-corrected chi connectivity index (χ3v) is 3.65. The number of carbonyl (C=O) groups excluding carboxylic acids is 3. The fourth-order valence-corrected chi connectivity index (χ4v) is 2.49. The molecule has 2 amide bonds. The quantitative estimate of drug-likeness (QED) is 0.711. The van der Waals surface area contributed by atoms with Crippen molar-refractivity contribution in [2.24, 2.45) is 0 Å². The number of nitrogens with zero attached hydrogens (tertiary/aromatic N) is 3. The summed E-state index contributed by atoms with van der Waals surface area (Å²) >= 11 is 0. The molecule has 2 heterocycles. The largest absolute Gasteiger partial charge is 0.375 e. The summed E-state index contributed by atoms with van der Waals surface area (Å²) in [5.74, 6) is 0.365. The first-order valence-corrected chi connectivity index (χ1v) is 7.03. The summed E-state index contributed by atoms with van der Waals surface area (Å²) in [6.07, 6.45) is 3.04. The molecule has 1 aromatic rings. The number of aryl methyl sites for hydroxylation is 1. The van der Waals surface area contributed by atoms with Crippen molar-refractivity contribution in [2.75, 3.05) is 32.2 Å². The lowest BCUT2D eigenvalue weighted by molar-refractivity contribution is -0.134. The van der Waals surface area contributed by atoms with Crippen LogP contribution in [0.2, 0.25) is 0 Å². The minimum Gasteiger partial charge on any atom is -0.375 e. The molecule has 0 aromatic carbocycles. The van der Waals surface area contributed by atoms with Crippen molar-refractivity contribution in [3.05, 3.63) is 22.9 Å². The molecular weight excluding hydrogens is 286 g/mol. The van der Waals surface area contributed by atoms with Crippen molar-refractivity contribution < 1.29 is 19.1 Å². The number of aldehydes is 1. The summed E-state index contributed by atoms with van der Waals surface area (Å²) in [5, 5.41) is 0. The number of methoxy groups -OCH3 is 1. The molecule has 0 atom stereocenters. The summed E-state index contributed by atoms with van der Waals surface area (Å²) in [7, 11) is 3.10. The molecule has 0 N–H and O–H groups in total. The minimum absolute atomic E-state index is 0.00971. The summed E-state index contributed by atoms with van der Waals surface area (Å²) in [6.45, 7) is 0.870. The summed E-state index contributed by atoms with van der Waals surface area (Å²) in [6, 6.07) is 1.86. The standard InChI is InChI=1S/C15H19N3O4/c1-17(14(21)9-22-2)7-12-6-11-4-3-5-18(10-20)15(11)16-13(12)8-19/h6,8,10H,3-5,7,9H2,1-2H3. The van der Waals surface area contributed by atoms with E-state index in [9.17, 15) is 14.4 Å². The first-order valence-electron chi connectivity index (χ1n) is 7.03. The predicted molar refractivity (Wildman–Crippen MR) is 79.7 cm³/mol. The third kappa shape index (κ3) is 3.30. The van der Waals surface area contributed by atoms with E-state index >= 15 is 0 Å². The molecule has 0 unspecified atom stereocenters. The molecule has 22 heavy (non-hydrogen) atoms. The van der Waals surface area contributed by atoms with Crippen molar-refractivity contribution in [2.45, 2.75) is 19.4 Å². The van der Waals surface area contributed by atoms with Crippen LogP contribution in [0.5, 0.6) is 0 Å². The first kappa shape index (κ1) is 16.1. The lowest BCUT2D eigenvalue weighted by atomic mass is 10.0. The number of hydrogen-bond acceptors (Lipinski definition) is 5. The van der Waals surface area contributed by atoms with E-state index in [0.29, 0.717) is 24.2 Å². The van der Waals surface area contributed by atoms with Gasteiger partial charge >= 0.3 is 0 Å². The van der Waals surface area contributed by atoms with E-state index in [0.717, 1.165) is 24.8 Å². The van der Waals surface area contributed by atoms with Crippen LogP contribution >= 0.6 is 0 Å². The van der Waals surface area contributed by atoms with Gasteiger partial charge in [-0.05, 0) is 24.5 Å². The van der Waals surface area contributed by atoms with Gasteiger partial charge in [-0.2, -0.15) is 0 Å². The summed E-state index contributed by atoms with van der Waals surface area (Å²) in [5.41, 5.74) is 1.85. The number of ether oxygens (including phenoxy) is 1. The normalized spacial score (nSPS) is 13.5. The van der Waals surface area contributed by atoms with E-state index in [1.54, 1.807) is 7.05 Å². The average Bonchev–Trinajstić information content (AvgIpc) is 2.53. The van der Waals surface area contributed by atoms with Crippen LogP contribution in [0.25, 0.3) is 0 Å². The molecule has 0 bridgehead atoms. The minimum atomic E-state index is -0.174. The lowest BCUT2D eigenvalue weighted by Crippen LogP contribution is -2.32. The Morgan fingerprint density at radius 2 is 2.27 bits per heavy atom. The Morgan fingerprint density at radius 3 is 2.91 bits per heavy atom. The number of aromatic nitrogens is 1.